The molecule has 0 amide bonds. The topological polar surface area (TPSA) is 36.4 Å². The van der Waals surface area contributed by atoms with E-state index in [0.717, 1.165) is 26.1 Å². The first kappa shape index (κ1) is 11.3. The predicted octanol–water partition coefficient (Wildman–Crippen LogP) is 2.00. The third kappa shape index (κ3) is 3.14. The van der Waals surface area contributed by atoms with Crippen LogP contribution < -0.4 is 0 Å². The maximum absolute atomic E-state index is 9.12. The van der Waals surface area contributed by atoms with Gasteiger partial charge in [0.05, 0.1) is 0 Å². The molecule has 5 heteroatoms. The van der Waals surface area contributed by atoms with Gasteiger partial charge in [0, 0.05) is 30.8 Å². The zero-order chi connectivity index (χ0) is 10.7. The first-order chi connectivity index (χ1) is 7.28. The van der Waals surface area contributed by atoms with Crippen LogP contribution in [0, 0.1) is 5.92 Å². The molecule has 15 heavy (non-hydrogen) atoms. The van der Waals surface area contributed by atoms with E-state index in [4.69, 9.17) is 16.7 Å². The zero-order valence-corrected chi connectivity index (χ0v) is 10.1. The van der Waals surface area contributed by atoms with Crippen LogP contribution in [-0.4, -0.2) is 34.7 Å². The Morgan fingerprint density at radius 2 is 2.53 bits per heavy atom. The van der Waals surface area contributed by atoms with E-state index in [0.29, 0.717) is 17.0 Å². The summed E-state index contributed by atoms with van der Waals surface area (Å²) in [7, 11) is 0. The Labute approximate surface area is 98.7 Å². The number of hydrogen-bond donors (Lipinski definition) is 1. The van der Waals surface area contributed by atoms with Crippen LogP contribution in [0.1, 0.15) is 17.7 Å². The summed E-state index contributed by atoms with van der Waals surface area (Å²) in [6.45, 7) is 3.33. The van der Waals surface area contributed by atoms with Gasteiger partial charge >= 0.3 is 0 Å². The third-order valence-corrected chi connectivity index (χ3v) is 3.87. The second kappa shape index (κ2) is 5.25. The zero-order valence-electron chi connectivity index (χ0n) is 8.53. The van der Waals surface area contributed by atoms with Crippen LogP contribution in [0.3, 0.4) is 0 Å². The third-order valence-electron chi connectivity index (χ3n) is 2.77. The number of aliphatic hydroxyl groups excluding tert-OH is 1. The highest BCUT2D eigenvalue weighted by Gasteiger charge is 2.19. The van der Waals surface area contributed by atoms with Crippen LogP contribution in [0.5, 0.6) is 0 Å². The molecule has 0 spiro atoms. The summed E-state index contributed by atoms with van der Waals surface area (Å²) in [6.07, 6.45) is 4.17. The van der Waals surface area contributed by atoms with E-state index >= 15 is 0 Å². The number of likely N-dealkylation sites (tertiary alicyclic amines) is 1. The van der Waals surface area contributed by atoms with Crippen molar-refractivity contribution in [3.63, 3.8) is 0 Å². The monoisotopic (exact) mass is 246 g/mol. The lowest BCUT2D eigenvalue weighted by Crippen LogP contribution is -2.36. The van der Waals surface area contributed by atoms with Gasteiger partial charge in [0.1, 0.15) is 0 Å². The van der Waals surface area contributed by atoms with Gasteiger partial charge in [0.2, 0.25) is 0 Å². The lowest BCUT2D eigenvalue weighted by atomic mass is 9.99. The van der Waals surface area contributed by atoms with E-state index < -0.39 is 0 Å². The summed E-state index contributed by atoms with van der Waals surface area (Å²) >= 11 is 7.32. The Balaban J connectivity index is 1.88. The molecule has 2 rings (SSSR count). The van der Waals surface area contributed by atoms with Crippen molar-refractivity contribution in [1.82, 2.24) is 9.88 Å². The van der Waals surface area contributed by atoms with Crippen LogP contribution in [0.25, 0.3) is 0 Å². The van der Waals surface area contributed by atoms with Crippen LogP contribution in [0.4, 0.5) is 0 Å². The number of hydrogen-bond acceptors (Lipinski definition) is 4. The van der Waals surface area contributed by atoms with Crippen molar-refractivity contribution >= 4 is 22.9 Å². The number of halogens is 1. The molecule has 0 unspecified atom stereocenters. The van der Waals surface area contributed by atoms with Crippen LogP contribution in [-0.2, 0) is 6.54 Å². The predicted molar refractivity (Wildman–Crippen MR) is 62.2 cm³/mol. The summed E-state index contributed by atoms with van der Waals surface area (Å²) in [5.74, 6) is 0.446. The van der Waals surface area contributed by atoms with Gasteiger partial charge in [0.25, 0.3) is 0 Å². The summed E-state index contributed by atoms with van der Waals surface area (Å²) in [5.41, 5.74) is 0. The average Bonchev–Trinajstić information content (AvgIpc) is 2.64. The van der Waals surface area contributed by atoms with Gasteiger partial charge in [0.15, 0.2) is 4.47 Å². The van der Waals surface area contributed by atoms with E-state index in [-0.39, 0.29) is 0 Å². The van der Waals surface area contributed by atoms with Crippen molar-refractivity contribution in [1.29, 1.82) is 0 Å². The highest BCUT2D eigenvalue weighted by molar-refractivity contribution is 7.15. The molecule has 0 bridgehead atoms. The minimum atomic E-state index is 0.306. The molecule has 1 saturated heterocycles. The Morgan fingerprint density at radius 3 is 3.20 bits per heavy atom. The molecular formula is C10H15ClN2OS. The minimum absolute atomic E-state index is 0.306. The van der Waals surface area contributed by atoms with Gasteiger partial charge in [-0.15, -0.1) is 11.3 Å². The van der Waals surface area contributed by atoms with Crippen molar-refractivity contribution in [3.8, 4) is 0 Å². The first-order valence-electron chi connectivity index (χ1n) is 5.21. The molecule has 1 fully saturated rings. The van der Waals surface area contributed by atoms with E-state index in [1.807, 2.05) is 6.20 Å². The van der Waals surface area contributed by atoms with Gasteiger partial charge in [-0.1, -0.05) is 11.6 Å². The lowest BCUT2D eigenvalue weighted by molar-refractivity contribution is 0.116. The largest absolute Gasteiger partial charge is 0.396 e. The highest BCUT2D eigenvalue weighted by atomic mass is 35.5. The molecule has 1 aliphatic rings. The fourth-order valence-electron chi connectivity index (χ4n) is 2.02. The van der Waals surface area contributed by atoms with E-state index in [1.165, 1.54) is 11.3 Å². The van der Waals surface area contributed by atoms with Crippen molar-refractivity contribution < 1.29 is 5.11 Å². The minimum Gasteiger partial charge on any atom is -0.396 e. The fourth-order valence-corrected chi connectivity index (χ4v) is 3.04. The average molecular weight is 247 g/mol. The van der Waals surface area contributed by atoms with Crippen LogP contribution >= 0.6 is 22.9 Å². The molecule has 1 atom stereocenters. The van der Waals surface area contributed by atoms with Crippen molar-refractivity contribution in [2.45, 2.75) is 19.4 Å². The number of rotatable bonds is 3. The van der Waals surface area contributed by atoms with E-state index in [1.54, 1.807) is 11.3 Å². The lowest BCUT2D eigenvalue weighted by Gasteiger charge is -2.31. The fraction of sp³-hybridized carbons (Fsp3) is 0.700. The maximum Gasteiger partial charge on any atom is 0.183 e. The van der Waals surface area contributed by atoms with E-state index in [2.05, 4.69) is 9.88 Å². The summed E-state index contributed by atoms with van der Waals surface area (Å²) in [6, 6.07) is 0. The summed E-state index contributed by atoms with van der Waals surface area (Å²) in [4.78, 5) is 7.61. The Hall–Kier alpha value is -0.160. The van der Waals surface area contributed by atoms with Gasteiger partial charge in [-0.05, 0) is 25.3 Å². The highest BCUT2D eigenvalue weighted by Crippen LogP contribution is 2.22. The molecule has 0 aromatic carbocycles. The number of aromatic nitrogens is 1. The normalized spacial score (nSPS) is 23.2. The summed E-state index contributed by atoms with van der Waals surface area (Å²) < 4.78 is 0.612. The van der Waals surface area contributed by atoms with Crippen molar-refractivity contribution in [2.75, 3.05) is 19.7 Å². The SMILES string of the molecule is OC[C@H]1CCCN(Cc2cnc(Cl)s2)C1. The second-order valence-corrected chi connectivity index (χ2v) is 5.70. The number of aliphatic hydroxyl groups is 1. The number of nitrogens with zero attached hydrogens (tertiary/aromatic N) is 2. The van der Waals surface area contributed by atoms with Crippen molar-refractivity contribution in [2.24, 2.45) is 5.92 Å². The molecule has 1 N–H and O–H groups in total. The number of thiazole rings is 1. The van der Waals surface area contributed by atoms with E-state index in [9.17, 15) is 0 Å². The van der Waals surface area contributed by atoms with Gasteiger partial charge in [-0.2, -0.15) is 0 Å². The molecule has 84 valence electrons. The van der Waals surface area contributed by atoms with Gasteiger partial charge in [-0.3, -0.25) is 4.90 Å². The van der Waals surface area contributed by atoms with Crippen molar-refractivity contribution in [3.05, 3.63) is 15.5 Å². The molecule has 3 nitrogen and oxygen atoms in total. The standard InChI is InChI=1S/C10H15ClN2OS/c11-10-12-4-9(15-10)6-13-3-1-2-8(5-13)7-14/h4,8,14H,1-3,5-7H2/t8-/m0/s1. The van der Waals surface area contributed by atoms with Gasteiger partial charge < -0.3 is 5.11 Å². The maximum atomic E-state index is 9.12. The molecular weight excluding hydrogens is 232 g/mol. The Morgan fingerprint density at radius 1 is 1.67 bits per heavy atom. The van der Waals surface area contributed by atoms with Crippen LogP contribution in [0.15, 0.2) is 6.20 Å². The van der Waals surface area contributed by atoms with Crippen LogP contribution in [0.2, 0.25) is 4.47 Å². The molecule has 1 aliphatic heterocycles. The first-order valence-corrected chi connectivity index (χ1v) is 6.41. The smallest absolute Gasteiger partial charge is 0.183 e. The quantitative estimate of drug-likeness (QED) is 0.886. The molecule has 2 heterocycles. The molecule has 1 aromatic heterocycles. The summed E-state index contributed by atoms with van der Waals surface area (Å²) in [5, 5.41) is 9.12. The Bertz CT molecular complexity index is 318. The second-order valence-electron chi connectivity index (χ2n) is 4.01. The Kier molecular flexibility index (Phi) is 3.97. The molecule has 0 saturated carbocycles. The molecule has 0 aliphatic carbocycles. The molecule has 0 radical (unpaired) electrons. The van der Waals surface area contributed by atoms with Gasteiger partial charge in [-0.25, -0.2) is 4.98 Å². The molecule has 1 aromatic rings. The number of piperidine rings is 1.